The van der Waals surface area contributed by atoms with Crippen LogP contribution in [-0.4, -0.2) is 15.7 Å². The molecule has 3 aromatic rings. The molecule has 0 radical (unpaired) electrons. The third-order valence-corrected chi connectivity index (χ3v) is 3.50. The number of nitrogens with zero attached hydrogens (tertiary/aromatic N) is 2. The van der Waals surface area contributed by atoms with E-state index >= 15 is 0 Å². The number of hydrogen-bond acceptors (Lipinski definition) is 4. The highest BCUT2D eigenvalue weighted by atomic mass is 32.1. The number of fused-ring (bicyclic) bond motifs is 1. The second-order valence-electron chi connectivity index (χ2n) is 4.09. The first-order valence-corrected chi connectivity index (χ1v) is 6.94. The lowest BCUT2D eigenvalue weighted by molar-refractivity contribution is 0.0465. The van der Waals surface area contributed by atoms with E-state index in [9.17, 15) is 4.79 Å². The van der Waals surface area contributed by atoms with Crippen molar-refractivity contribution < 1.29 is 9.63 Å². The second kappa shape index (κ2) is 4.85. The zero-order valence-electron chi connectivity index (χ0n) is 10.4. The van der Waals surface area contributed by atoms with Crippen LogP contribution < -0.4 is 4.84 Å². The van der Waals surface area contributed by atoms with Crippen LogP contribution >= 0.6 is 11.3 Å². The zero-order valence-corrected chi connectivity index (χ0v) is 11.2. The first-order valence-electron chi connectivity index (χ1n) is 6.00. The van der Waals surface area contributed by atoms with E-state index in [0.29, 0.717) is 5.69 Å². The van der Waals surface area contributed by atoms with E-state index in [-0.39, 0.29) is 0 Å². The van der Waals surface area contributed by atoms with Crippen LogP contribution in [0.3, 0.4) is 0 Å². The summed E-state index contributed by atoms with van der Waals surface area (Å²) in [7, 11) is 0. The van der Waals surface area contributed by atoms with E-state index in [1.54, 1.807) is 15.6 Å². The molecule has 0 bridgehead atoms. The van der Waals surface area contributed by atoms with Crippen molar-refractivity contribution in [3.8, 4) is 0 Å². The van der Waals surface area contributed by atoms with Gasteiger partial charge in [-0.25, -0.2) is 9.78 Å². The number of aryl methyl sites for hydroxylation is 1. The lowest BCUT2D eigenvalue weighted by Gasteiger charge is -2.08. The molecule has 4 nitrogen and oxygen atoms in total. The summed E-state index contributed by atoms with van der Waals surface area (Å²) in [5.74, 6) is -0.433. The van der Waals surface area contributed by atoms with Crippen molar-refractivity contribution in [1.82, 2.24) is 9.71 Å². The minimum Gasteiger partial charge on any atom is -0.329 e. The molecule has 0 N–H and O–H groups in total. The number of rotatable bonds is 3. The predicted molar refractivity (Wildman–Crippen MR) is 74.3 cm³/mol. The van der Waals surface area contributed by atoms with Crippen molar-refractivity contribution in [3.63, 3.8) is 0 Å². The number of carbonyl (C=O) groups excluding carboxylic acids is 1. The molecule has 0 fully saturated rings. The van der Waals surface area contributed by atoms with Gasteiger partial charge in [-0.3, -0.25) is 0 Å². The Kier molecular flexibility index (Phi) is 3.05. The molecule has 19 heavy (non-hydrogen) atoms. The first kappa shape index (κ1) is 11.9. The molecule has 5 heteroatoms. The molecule has 2 aromatic heterocycles. The van der Waals surface area contributed by atoms with E-state index in [1.165, 1.54) is 11.3 Å². The van der Waals surface area contributed by atoms with Gasteiger partial charge in [0.25, 0.3) is 0 Å². The lowest BCUT2D eigenvalue weighted by Crippen LogP contribution is -2.21. The first-order chi connectivity index (χ1) is 9.29. The molecule has 2 heterocycles. The van der Waals surface area contributed by atoms with E-state index in [4.69, 9.17) is 4.84 Å². The largest absolute Gasteiger partial charge is 0.382 e. The maximum Gasteiger partial charge on any atom is 0.382 e. The van der Waals surface area contributed by atoms with Crippen LogP contribution in [0.15, 0.2) is 41.2 Å². The van der Waals surface area contributed by atoms with Gasteiger partial charge in [0, 0.05) is 10.8 Å². The summed E-state index contributed by atoms with van der Waals surface area (Å²) in [6, 6.07) is 9.86. The van der Waals surface area contributed by atoms with Gasteiger partial charge in [0.2, 0.25) is 0 Å². The Labute approximate surface area is 114 Å². The van der Waals surface area contributed by atoms with Crippen molar-refractivity contribution in [2.24, 2.45) is 0 Å². The van der Waals surface area contributed by atoms with E-state index in [1.807, 2.05) is 37.3 Å². The van der Waals surface area contributed by atoms with Crippen LogP contribution in [0.4, 0.5) is 0 Å². The van der Waals surface area contributed by atoms with Gasteiger partial charge in [-0.05, 0) is 18.6 Å². The molecular formula is C14H12N2O2S. The summed E-state index contributed by atoms with van der Waals surface area (Å²) in [6.07, 6.45) is 0.791. The Hall–Kier alpha value is -2.14. The summed E-state index contributed by atoms with van der Waals surface area (Å²) < 4.78 is 1.59. The summed E-state index contributed by atoms with van der Waals surface area (Å²) in [5, 5.41) is 2.74. The molecule has 3 rings (SSSR count). The maximum absolute atomic E-state index is 12.0. The number of para-hydroxylation sites is 1. The Morgan fingerprint density at radius 3 is 3.00 bits per heavy atom. The summed E-state index contributed by atoms with van der Waals surface area (Å²) >= 11 is 1.37. The standard InChI is InChI=1S/C14H12N2O2S/c1-2-11-7-10-5-3-4-6-13(10)16(11)18-14(17)12-8-19-9-15-12/h3-9H,2H2,1H3. The van der Waals surface area contributed by atoms with Crippen molar-refractivity contribution in [3.05, 3.63) is 52.6 Å². The van der Waals surface area contributed by atoms with Gasteiger partial charge in [0.1, 0.15) is 0 Å². The minimum atomic E-state index is -0.433. The van der Waals surface area contributed by atoms with Gasteiger partial charge in [-0.15, -0.1) is 11.3 Å². The Morgan fingerprint density at radius 1 is 1.42 bits per heavy atom. The fourth-order valence-electron chi connectivity index (χ4n) is 1.98. The van der Waals surface area contributed by atoms with Crippen LogP contribution in [0.25, 0.3) is 10.9 Å². The maximum atomic E-state index is 12.0. The fourth-order valence-corrected chi connectivity index (χ4v) is 2.51. The normalized spacial score (nSPS) is 10.8. The highest BCUT2D eigenvalue weighted by Gasteiger charge is 2.15. The molecule has 1 aromatic carbocycles. The minimum absolute atomic E-state index is 0.338. The molecule has 0 saturated heterocycles. The van der Waals surface area contributed by atoms with E-state index < -0.39 is 5.97 Å². The number of aromatic nitrogens is 2. The van der Waals surface area contributed by atoms with E-state index in [0.717, 1.165) is 23.0 Å². The second-order valence-corrected chi connectivity index (χ2v) is 4.81. The molecule has 0 aliphatic rings. The van der Waals surface area contributed by atoms with Gasteiger partial charge in [-0.2, -0.15) is 4.73 Å². The molecule has 0 saturated carbocycles. The monoisotopic (exact) mass is 272 g/mol. The van der Waals surface area contributed by atoms with Crippen LogP contribution in [-0.2, 0) is 6.42 Å². The Morgan fingerprint density at radius 2 is 2.26 bits per heavy atom. The molecule has 0 unspecified atom stereocenters. The zero-order chi connectivity index (χ0) is 13.2. The van der Waals surface area contributed by atoms with Crippen LogP contribution in [0.1, 0.15) is 23.1 Å². The van der Waals surface area contributed by atoms with Gasteiger partial charge < -0.3 is 4.84 Å². The number of benzene rings is 1. The third-order valence-electron chi connectivity index (χ3n) is 2.92. The molecule has 0 atom stereocenters. The van der Waals surface area contributed by atoms with Gasteiger partial charge in [-0.1, -0.05) is 25.1 Å². The highest BCUT2D eigenvalue weighted by molar-refractivity contribution is 7.07. The molecule has 0 spiro atoms. The number of hydrogen-bond donors (Lipinski definition) is 0. The Bertz CT molecular complexity index is 716. The van der Waals surface area contributed by atoms with Crippen molar-refractivity contribution in [2.75, 3.05) is 0 Å². The molecule has 0 aliphatic heterocycles. The predicted octanol–water partition coefficient (Wildman–Crippen LogP) is 2.93. The topological polar surface area (TPSA) is 44.1 Å². The van der Waals surface area contributed by atoms with Crippen LogP contribution in [0.2, 0.25) is 0 Å². The van der Waals surface area contributed by atoms with Gasteiger partial charge in [0.05, 0.1) is 16.7 Å². The summed E-state index contributed by atoms with van der Waals surface area (Å²) in [4.78, 5) is 21.4. The van der Waals surface area contributed by atoms with Crippen molar-refractivity contribution in [1.29, 1.82) is 0 Å². The number of thiazole rings is 1. The quantitative estimate of drug-likeness (QED) is 0.736. The Balaban J connectivity index is 2.02. The van der Waals surface area contributed by atoms with E-state index in [2.05, 4.69) is 4.98 Å². The van der Waals surface area contributed by atoms with Gasteiger partial charge in [0.15, 0.2) is 5.69 Å². The average Bonchev–Trinajstić information content (AvgIpc) is 3.06. The third kappa shape index (κ3) is 2.13. The van der Waals surface area contributed by atoms with Crippen molar-refractivity contribution >= 4 is 28.2 Å². The van der Waals surface area contributed by atoms with Crippen LogP contribution in [0, 0.1) is 0 Å². The molecule has 96 valence electrons. The van der Waals surface area contributed by atoms with Gasteiger partial charge >= 0.3 is 5.97 Å². The fraction of sp³-hybridized carbons (Fsp3) is 0.143. The lowest BCUT2D eigenvalue weighted by atomic mass is 10.2. The van der Waals surface area contributed by atoms with Crippen LogP contribution in [0.5, 0.6) is 0 Å². The summed E-state index contributed by atoms with van der Waals surface area (Å²) in [6.45, 7) is 2.03. The molecule has 0 amide bonds. The number of carbonyl (C=O) groups is 1. The SMILES string of the molecule is CCc1cc2ccccc2n1OC(=O)c1cscn1. The summed E-state index contributed by atoms with van der Waals surface area (Å²) in [5.41, 5.74) is 3.81. The molecule has 0 aliphatic carbocycles. The molecular weight excluding hydrogens is 260 g/mol. The highest BCUT2D eigenvalue weighted by Crippen LogP contribution is 2.19. The van der Waals surface area contributed by atoms with Crippen molar-refractivity contribution in [2.45, 2.75) is 13.3 Å². The average molecular weight is 272 g/mol. The smallest absolute Gasteiger partial charge is 0.329 e.